The van der Waals surface area contributed by atoms with Gasteiger partial charge in [0.15, 0.2) is 0 Å². The molecule has 0 aliphatic heterocycles. The molecular weight excluding hydrogens is 392 g/mol. The van der Waals surface area contributed by atoms with Gasteiger partial charge in [-0.3, -0.25) is 0 Å². The van der Waals surface area contributed by atoms with E-state index in [4.69, 9.17) is 9.47 Å². The second kappa shape index (κ2) is 86.7. The summed E-state index contributed by atoms with van der Waals surface area (Å²) in [5.74, 6) is 6.28. The molecule has 32 heavy (non-hydrogen) atoms. The summed E-state index contributed by atoms with van der Waals surface area (Å²) in [6.07, 6.45) is 11.6. The molecule has 0 aliphatic rings. The lowest BCUT2D eigenvalue weighted by atomic mass is 10.2. The molecule has 0 aromatic rings. The minimum Gasteiger partial charge on any atom is -0.381 e. The molecule has 0 saturated carbocycles. The van der Waals surface area contributed by atoms with Gasteiger partial charge in [-0.15, -0.1) is 11.8 Å². The van der Waals surface area contributed by atoms with E-state index in [1.54, 1.807) is 0 Å². The quantitative estimate of drug-likeness (QED) is 0.184. The highest BCUT2D eigenvalue weighted by Crippen LogP contribution is 2.01. The Kier molecular flexibility index (Phi) is 232. The third-order valence-electron chi connectivity index (χ3n) is 3.11. The predicted octanol–water partition coefficient (Wildman–Crippen LogP) is 12.6. The monoisotopic (exact) mass is 475 g/mol. The molecule has 0 bridgehead atoms. The largest absolute Gasteiger partial charge is 0.381 e. The van der Waals surface area contributed by atoms with Crippen molar-refractivity contribution < 1.29 is 9.47 Å². The molecule has 2 nitrogen and oxygen atoms in total. The highest BCUT2D eigenvalue weighted by Gasteiger charge is 1.93. The van der Waals surface area contributed by atoms with Crippen molar-refractivity contribution in [1.82, 2.24) is 0 Å². The fourth-order valence-corrected chi connectivity index (χ4v) is 1.84. The second-order valence-electron chi connectivity index (χ2n) is 5.16. The number of hydrogen-bond acceptors (Lipinski definition) is 2. The lowest BCUT2D eigenvalue weighted by Crippen LogP contribution is -1.99. The van der Waals surface area contributed by atoms with Crippen LogP contribution in [0.1, 0.15) is 167 Å². The number of rotatable bonds is 14. The van der Waals surface area contributed by atoms with Crippen LogP contribution in [0.5, 0.6) is 0 Å². The molecule has 0 rings (SSSR count). The van der Waals surface area contributed by atoms with Crippen LogP contribution in [0.3, 0.4) is 0 Å². The Morgan fingerprint density at radius 2 is 0.750 bits per heavy atom. The zero-order valence-corrected chi connectivity index (χ0v) is 13.7. The van der Waals surface area contributed by atoms with Crippen molar-refractivity contribution in [3.05, 3.63) is 0 Å². The first kappa shape index (κ1) is 85.6. The molecule has 0 saturated heterocycles. The van der Waals surface area contributed by atoms with Gasteiger partial charge >= 0.3 is 0 Å². The normalized spacial score (nSPS) is 6.44. The summed E-state index contributed by atoms with van der Waals surface area (Å²) in [6.45, 7) is 7.95. The zero-order valence-electron chi connectivity index (χ0n) is 13.7. The highest BCUT2D eigenvalue weighted by atomic mass is 16.5. The summed E-state index contributed by atoms with van der Waals surface area (Å²) < 4.78 is 11.2. The van der Waals surface area contributed by atoms with E-state index < -0.39 is 0 Å². The maximum atomic E-state index is 5.63. The zero-order chi connectivity index (χ0) is 14.7. The van der Waals surface area contributed by atoms with E-state index >= 15 is 0 Å². The Morgan fingerprint density at radius 1 is 0.406 bits per heavy atom. The van der Waals surface area contributed by atoms with Gasteiger partial charge in [0.25, 0.3) is 0 Å². The molecule has 0 radical (unpaired) electrons. The van der Waals surface area contributed by atoms with Crippen molar-refractivity contribution >= 4 is 0 Å². The average molecular weight is 475 g/mol. The standard InChI is InChI=1S/C18H34O2.12CH4/c1-3-5-7-8-9-10-12-16-20-18-14-11-13-17-19-15-6-4-2;;;;;;;;;;;;/h3-4,6,8-18H2,1-2H3;12*1H4. The van der Waals surface area contributed by atoms with Crippen LogP contribution in [-0.4, -0.2) is 26.4 Å². The van der Waals surface area contributed by atoms with Crippen LogP contribution in [0.2, 0.25) is 0 Å². The summed E-state index contributed by atoms with van der Waals surface area (Å²) in [5, 5.41) is 0. The van der Waals surface area contributed by atoms with Crippen LogP contribution in [0.15, 0.2) is 0 Å². The van der Waals surface area contributed by atoms with Gasteiger partial charge in [0, 0.05) is 39.3 Å². The van der Waals surface area contributed by atoms with Gasteiger partial charge in [-0.05, 0) is 38.5 Å². The lowest BCUT2D eigenvalue weighted by Gasteiger charge is -2.05. The molecule has 0 fully saturated rings. The third-order valence-corrected chi connectivity index (χ3v) is 3.11. The van der Waals surface area contributed by atoms with Crippen LogP contribution < -0.4 is 0 Å². The van der Waals surface area contributed by atoms with E-state index in [0.29, 0.717) is 0 Å². The van der Waals surface area contributed by atoms with Gasteiger partial charge in [-0.1, -0.05) is 116 Å². The Labute approximate surface area is 215 Å². The SMILES string of the molecule is C.C.C.C.C.C.C.C.C.C.C.C.CCC#CCCCCCOCCCCCOCCCC. The Bertz CT molecular complexity index is 229. The summed E-state index contributed by atoms with van der Waals surface area (Å²) in [6, 6.07) is 0. The molecule has 0 aromatic heterocycles. The average Bonchev–Trinajstić information content (AvgIpc) is 2.47. The first-order valence-electron chi connectivity index (χ1n) is 8.53. The van der Waals surface area contributed by atoms with Crippen LogP contribution >= 0.6 is 0 Å². The Morgan fingerprint density at radius 3 is 1.09 bits per heavy atom. The molecule has 214 valence electrons. The van der Waals surface area contributed by atoms with E-state index in [0.717, 1.165) is 39.3 Å². The van der Waals surface area contributed by atoms with Crippen molar-refractivity contribution in [2.45, 2.75) is 167 Å². The van der Waals surface area contributed by atoms with Crippen LogP contribution in [-0.2, 0) is 9.47 Å². The van der Waals surface area contributed by atoms with Crippen molar-refractivity contribution in [2.24, 2.45) is 0 Å². The van der Waals surface area contributed by atoms with Crippen molar-refractivity contribution in [3.63, 3.8) is 0 Å². The lowest BCUT2D eigenvalue weighted by molar-refractivity contribution is 0.111. The first-order chi connectivity index (χ1) is 9.91. The van der Waals surface area contributed by atoms with Gasteiger partial charge in [-0.2, -0.15) is 0 Å². The highest BCUT2D eigenvalue weighted by molar-refractivity contribution is 4.97. The van der Waals surface area contributed by atoms with E-state index in [-0.39, 0.29) is 89.1 Å². The van der Waals surface area contributed by atoms with Gasteiger partial charge < -0.3 is 9.47 Å². The molecule has 0 unspecified atom stereocenters. The summed E-state index contributed by atoms with van der Waals surface area (Å²) in [7, 11) is 0. The Balaban J connectivity index is -0.0000000273. The van der Waals surface area contributed by atoms with Crippen LogP contribution in [0.25, 0.3) is 0 Å². The second-order valence-corrected chi connectivity index (χ2v) is 5.16. The number of ether oxygens (including phenoxy) is 2. The fraction of sp³-hybridized carbons (Fsp3) is 0.933. The summed E-state index contributed by atoms with van der Waals surface area (Å²) >= 11 is 0. The van der Waals surface area contributed by atoms with Crippen molar-refractivity contribution in [3.8, 4) is 11.8 Å². The first-order valence-corrected chi connectivity index (χ1v) is 8.53. The molecule has 0 heterocycles. The van der Waals surface area contributed by atoms with Crippen LogP contribution in [0, 0.1) is 11.8 Å². The molecule has 0 atom stereocenters. The maximum absolute atomic E-state index is 5.63. The molecule has 2 heteroatoms. The molecule has 0 aromatic carbocycles. The van der Waals surface area contributed by atoms with E-state index in [9.17, 15) is 0 Å². The van der Waals surface area contributed by atoms with Gasteiger partial charge in [0.2, 0.25) is 0 Å². The molecule has 0 spiro atoms. The van der Waals surface area contributed by atoms with E-state index in [2.05, 4.69) is 25.7 Å². The Hall–Kier alpha value is -0.520. The van der Waals surface area contributed by atoms with Gasteiger partial charge in [0.05, 0.1) is 0 Å². The van der Waals surface area contributed by atoms with E-state index in [1.807, 2.05) is 0 Å². The van der Waals surface area contributed by atoms with Crippen LogP contribution in [0.4, 0.5) is 0 Å². The molecule has 0 amide bonds. The minimum absolute atomic E-state index is 0. The number of unbranched alkanes of at least 4 members (excludes halogenated alkanes) is 6. The van der Waals surface area contributed by atoms with Crippen molar-refractivity contribution in [1.29, 1.82) is 0 Å². The summed E-state index contributed by atoms with van der Waals surface area (Å²) in [4.78, 5) is 0. The van der Waals surface area contributed by atoms with Crippen molar-refractivity contribution in [2.75, 3.05) is 26.4 Å². The minimum atomic E-state index is 0. The summed E-state index contributed by atoms with van der Waals surface area (Å²) in [5.41, 5.74) is 0. The molecule has 0 aliphatic carbocycles. The fourth-order valence-electron chi connectivity index (χ4n) is 1.84. The van der Waals surface area contributed by atoms with Gasteiger partial charge in [0.1, 0.15) is 0 Å². The predicted molar refractivity (Wildman–Crippen MR) is 168 cm³/mol. The number of hydrogen-bond donors (Lipinski definition) is 0. The third kappa shape index (κ3) is 88.0. The smallest absolute Gasteiger partial charge is 0.0466 e. The van der Waals surface area contributed by atoms with Gasteiger partial charge in [-0.25, -0.2) is 0 Å². The topological polar surface area (TPSA) is 18.5 Å². The maximum Gasteiger partial charge on any atom is 0.0466 e. The molecular formula is C30H82O2. The molecule has 0 N–H and O–H groups in total. The van der Waals surface area contributed by atoms with E-state index in [1.165, 1.54) is 51.4 Å².